The molecule has 0 amide bonds. The second kappa shape index (κ2) is 9.29. The molecule has 0 aromatic carbocycles. The summed E-state index contributed by atoms with van der Waals surface area (Å²) in [6.45, 7) is 2.87. The Morgan fingerprint density at radius 1 is 0.857 bits per heavy atom. The average molecular weight is 399 g/mol. The fraction of sp³-hybridized carbons (Fsp3) is 1.00. The van der Waals surface area contributed by atoms with Crippen LogP contribution in [0.25, 0.3) is 0 Å². The van der Waals surface area contributed by atoms with E-state index < -0.39 is 24.4 Å². The van der Waals surface area contributed by atoms with Gasteiger partial charge in [-0.25, -0.2) is 8.78 Å². The molecule has 28 heavy (non-hydrogen) atoms. The van der Waals surface area contributed by atoms with Crippen LogP contribution in [-0.2, 0) is 4.74 Å². The molecule has 0 bridgehead atoms. The third-order valence-electron chi connectivity index (χ3n) is 8.79. The Balaban J connectivity index is 1.23. The molecule has 1 aliphatic heterocycles. The Kier molecular flexibility index (Phi) is 6.97. The van der Waals surface area contributed by atoms with E-state index in [1.807, 2.05) is 0 Å². The van der Waals surface area contributed by atoms with E-state index in [1.54, 1.807) is 0 Å². The van der Waals surface area contributed by atoms with Crippen molar-refractivity contribution < 1.29 is 18.6 Å². The summed E-state index contributed by atoms with van der Waals surface area (Å²) in [7, 11) is 0. The van der Waals surface area contributed by atoms with Crippen LogP contribution < -0.4 is 0 Å². The first-order chi connectivity index (χ1) is 13.6. The highest BCUT2D eigenvalue weighted by Gasteiger charge is 2.50. The third-order valence-corrected chi connectivity index (χ3v) is 8.79. The summed E-state index contributed by atoms with van der Waals surface area (Å²) >= 11 is 0. The van der Waals surface area contributed by atoms with Gasteiger partial charge in [0.15, 0.2) is 0 Å². The summed E-state index contributed by atoms with van der Waals surface area (Å²) in [5, 5.41) is 10.9. The number of aliphatic hydroxyl groups is 1. The standard InChI is InChI=1S/C24H40F2O2/c1-2-3-15-4-6-16(7-5-15)17-8-10-18(11-9-17)24(27)20-13-12-19(21-14-28-21)22(25)23(20)26/h15-24,27H,2-14H2,1H3. The maximum atomic E-state index is 14.8. The zero-order valence-corrected chi connectivity index (χ0v) is 17.6. The van der Waals surface area contributed by atoms with Crippen LogP contribution in [0.5, 0.6) is 0 Å². The van der Waals surface area contributed by atoms with E-state index in [0.29, 0.717) is 19.4 Å². The summed E-state index contributed by atoms with van der Waals surface area (Å²) in [6.07, 6.45) is 10.1. The van der Waals surface area contributed by atoms with Crippen molar-refractivity contribution in [2.24, 2.45) is 35.5 Å². The second-order valence-corrected chi connectivity index (χ2v) is 10.4. The highest BCUT2D eigenvalue weighted by Crippen LogP contribution is 2.46. The van der Waals surface area contributed by atoms with E-state index in [0.717, 1.165) is 30.6 Å². The van der Waals surface area contributed by atoms with Gasteiger partial charge in [0, 0.05) is 11.8 Å². The van der Waals surface area contributed by atoms with E-state index in [9.17, 15) is 13.9 Å². The van der Waals surface area contributed by atoms with Crippen LogP contribution in [0, 0.1) is 35.5 Å². The predicted molar refractivity (Wildman–Crippen MR) is 108 cm³/mol. The molecule has 0 radical (unpaired) electrons. The lowest BCUT2D eigenvalue weighted by molar-refractivity contribution is -0.0688. The zero-order valence-electron chi connectivity index (χ0n) is 17.6. The van der Waals surface area contributed by atoms with Gasteiger partial charge in [0.1, 0.15) is 12.3 Å². The summed E-state index contributed by atoms with van der Waals surface area (Å²) in [4.78, 5) is 0. The van der Waals surface area contributed by atoms with Crippen molar-refractivity contribution in [3.63, 3.8) is 0 Å². The largest absolute Gasteiger partial charge is 0.392 e. The summed E-state index contributed by atoms with van der Waals surface area (Å²) in [5.41, 5.74) is 0. The van der Waals surface area contributed by atoms with Gasteiger partial charge in [-0.1, -0.05) is 32.6 Å². The van der Waals surface area contributed by atoms with E-state index in [4.69, 9.17) is 4.74 Å². The lowest BCUT2D eigenvalue weighted by Crippen LogP contribution is -2.47. The number of hydrogen-bond donors (Lipinski definition) is 1. The van der Waals surface area contributed by atoms with Crippen LogP contribution in [0.3, 0.4) is 0 Å². The lowest BCUT2D eigenvalue weighted by atomic mass is 9.65. The number of alkyl halides is 2. The molecule has 4 rings (SSSR count). The third kappa shape index (κ3) is 4.58. The fourth-order valence-electron chi connectivity index (χ4n) is 6.89. The van der Waals surface area contributed by atoms with Crippen molar-refractivity contribution >= 4 is 0 Å². The van der Waals surface area contributed by atoms with Crippen molar-refractivity contribution in [1.82, 2.24) is 0 Å². The highest BCUT2D eigenvalue weighted by molar-refractivity contribution is 4.98. The first kappa shape index (κ1) is 21.0. The molecule has 4 heteroatoms. The van der Waals surface area contributed by atoms with Gasteiger partial charge in [-0.15, -0.1) is 0 Å². The molecule has 6 atom stereocenters. The lowest BCUT2D eigenvalue weighted by Gasteiger charge is -2.42. The number of hydrogen-bond acceptors (Lipinski definition) is 2. The minimum Gasteiger partial charge on any atom is -0.392 e. The van der Waals surface area contributed by atoms with Gasteiger partial charge in [0.25, 0.3) is 0 Å². The SMILES string of the molecule is CCCC1CCC(C2CCC(C(O)C3CCC(C4CO4)C(F)C3F)CC2)CC1. The molecule has 4 aliphatic rings. The molecule has 1 N–H and O–H groups in total. The minimum absolute atomic E-state index is 0.0748. The monoisotopic (exact) mass is 398 g/mol. The number of rotatable bonds is 6. The smallest absolute Gasteiger partial charge is 0.137 e. The summed E-state index contributed by atoms with van der Waals surface area (Å²) in [6, 6.07) is 0. The Hall–Kier alpha value is -0.220. The molecule has 0 spiro atoms. The number of ether oxygens (including phenoxy) is 1. The Bertz CT molecular complexity index is 481. The Morgan fingerprint density at radius 3 is 2.04 bits per heavy atom. The molecule has 1 saturated heterocycles. The van der Waals surface area contributed by atoms with E-state index in [1.165, 1.54) is 51.4 Å². The fourth-order valence-corrected chi connectivity index (χ4v) is 6.89. The Morgan fingerprint density at radius 2 is 1.46 bits per heavy atom. The number of aliphatic hydroxyl groups excluding tert-OH is 1. The first-order valence-electron chi connectivity index (χ1n) is 12.2. The molecule has 1 heterocycles. The van der Waals surface area contributed by atoms with E-state index in [-0.39, 0.29) is 17.9 Å². The maximum Gasteiger partial charge on any atom is 0.137 e. The van der Waals surface area contributed by atoms with Gasteiger partial charge in [-0.05, 0) is 75.0 Å². The van der Waals surface area contributed by atoms with Crippen molar-refractivity contribution in [2.75, 3.05) is 6.61 Å². The number of epoxide rings is 1. The van der Waals surface area contributed by atoms with Gasteiger partial charge in [0.2, 0.25) is 0 Å². The molecule has 4 fully saturated rings. The molecular formula is C24H40F2O2. The highest BCUT2D eigenvalue weighted by atomic mass is 19.2. The zero-order chi connectivity index (χ0) is 19.7. The predicted octanol–water partition coefficient (Wildman–Crippen LogP) is 5.86. The van der Waals surface area contributed by atoms with Crippen molar-refractivity contribution in [3.05, 3.63) is 0 Å². The summed E-state index contributed by atoms with van der Waals surface area (Å²) in [5.74, 6) is 1.96. The Labute approximate surface area is 169 Å². The molecule has 2 nitrogen and oxygen atoms in total. The normalized spacial score (nSPS) is 48.2. The van der Waals surface area contributed by atoms with Crippen molar-refractivity contribution in [2.45, 2.75) is 109 Å². The second-order valence-electron chi connectivity index (χ2n) is 10.4. The first-order valence-corrected chi connectivity index (χ1v) is 12.2. The molecule has 0 aromatic heterocycles. The topological polar surface area (TPSA) is 32.8 Å². The maximum absolute atomic E-state index is 14.8. The van der Waals surface area contributed by atoms with Crippen LogP contribution in [0.1, 0.15) is 84.0 Å². The summed E-state index contributed by atoms with van der Waals surface area (Å²) < 4.78 is 34.5. The van der Waals surface area contributed by atoms with Crippen molar-refractivity contribution in [3.8, 4) is 0 Å². The van der Waals surface area contributed by atoms with E-state index in [2.05, 4.69) is 6.92 Å². The van der Waals surface area contributed by atoms with Gasteiger partial charge in [0.05, 0.1) is 18.8 Å². The van der Waals surface area contributed by atoms with Crippen LogP contribution in [0.4, 0.5) is 8.78 Å². The van der Waals surface area contributed by atoms with Gasteiger partial charge < -0.3 is 9.84 Å². The molecular weight excluding hydrogens is 358 g/mol. The number of halogens is 2. The van der Waals surface area contributed by atoms with E-state index >= 15 is 0 Å². The van der Waals surface area contributed by atoms with Crippen LogP contribution >= 0.6 is 0 Å². The molecule has 0 aromatic rings. The minimum atomic E-state index is -1.52. The van der Waals surface area contributed by atoms with Gasteiger partial charge in [-0.2, -0.15) is 0 Å². The molecule has 3 aliphatic carbocycles. The molecule has 6 unspecified atom stereocenters. The van der Waals surface area contributed by atoms with Crippen LogP contribution in [0.15, 0.2) is 0 Å². The van der Waals surface area contributed by atoms with Gasteiger partial charge >= 0.3 is 0 Å². The van der Waals surface area contributed by atoms with Crippen LogP contribution in [0.2, 0.25) is 0 Å². The van der Waals surface area contributed by atoms with Gasteiger partial charge in [-0.3, -0.25) is 0 Å². The average Bonchev–Trinajstić information content (AvgIpc) is 3.56. The quantitative estimate of drug-likeness (QED) is 0.568. The molecule has 3 saturated carbocycles. The van der Waals surface area contributed by atoms with Crippen LogP contribution in [-0.4, -0.2) is 36.3 Å². The molecule has 162 valence electrons. The van der Waals surface area contributed by atoms with Crippen molar-refractivity contribution in [1.29, 1.82) is 0 Å².